The van der Waals surface area contributed by atoms with Gasteiger partial charge in [0.2, 0.25) is 0 Å². The lowest BCUT2D eigenvalue weighted by molar-refractivity contribution is 0.0254. The summed E-state index contributed by atoms with van der Waals surface area (Å²) in [5.74, 6) is 1.09. The highest BCUT2D eigenvalue weighted by Gasteiger charge is 2.25. The Hall–Kier alpha value is -2.24. The highest BCUT2D eigenvalue weighted by molar-refractivity contribution is 5.98. The van der Waals surface area contributed by atoms with Gasteiger partial charge in [-0.05, 0) is 63.6 Å². The van der Waals surface area contributed by atoms with Gasteiger partial charge in [-0.2, -0.15) is 0 Å². The van der Waals surface area contributed by atoms with Gasteiger partial charge in [-0.15, -0.1) is 0 Å². The van der Waals surface area contributed by atoms with E-state index in [0.717, 1.165) is 37.1 Å². The van der Waals surface area contributed by atoms with Crippen molar-refractivity contribution in [1.29, 1.82) is 0 Å². The zero-order chi connectivity index (χ0) is 18.7. The zero-order valence-corrected chi connectivity index (χ0v) is 15.8. The number of hydrogen-bond donors (Lipinski definition) is 1. The van der Waals surface area contributed by atoms with Gasteiger partial charge in [0.1, 0.15) is 11.4 Å². The molecule has 6 nitrogen and oxygen atoms in total. The number of carbonyl (C=O) groups excluding carboxylic acids is 2. The molecule has 1 aromatic carbocycles. The van der Waals surface area contributed by atoms with E-state index in [2.05, 4.69) is 5.32 Å². The minimum Gasteiger partial charge on any atom is -0.493 e. The Kier molecular flexibility index (Phi) is 5.39. The second-order valence-electron chi connectivity index (χ2n) is 8.08. The van der Waals surface area contributed by atoms with Crippen LogP contribution in [0.2, 0.25) is 0 Å². The Bertz CT molecular complexity index is 681. The molecule has 2 aliphatic rings. The van der Waals surface area contributed by atoms with Gasteiger partial charge in [0, 0.05) is 25.2 Å². The molecule has 0 aliphatic carbocycles. The third-order valence-corrected chi connectivity index (χ3v) is 4.75. The minimum absolute atomic E-state index is 0.0343. The lowest BCUT2D eigenvalue weighted by Gasteiger charge is -2.26. The van der Waals surface area contributed by atoms with Crippen molar-refractivity contribution in [2.75, 3.05) is 19.7 Å². The molecule has 0 bridgehead atoms. The average Bonchev–Trinajstić information content (AvgIpc) is 2.79. The van der Waals surface area contributed by atoms with E-state index in [1.807, 2.05) is 39.0 Å². The largest absolute Gasteiger partial charge is 0.493 e. The molecule has 3 rings (SSSR count). The minimum atomic E-state index is -0.467. The molecule has 26 heavy (non-hydrogen) atoms. The molecule has 1 unspecified atom stereocenters. The first-order valence-electron chi connectivity index (χ1n) is 9.34. The second-order valence-corrected chi connectivity index (χ2v) is 8.08. The van der Waals surface area contributed by atoms with Crippen molar-refractivity contribution in [3.8, 4) is 5.75 Å². The van der Waals surface area contributed by atoms with Gasteiger partial charge < -0.3 is 19.7 Å². The van der Waals surface area contributed by atoms with Gasteiger partial charge in [-0.25, -0.2) is 4.79 Å². The van der Waals surface area contributed by atoms with Crippen LogP contribution in [0.5, 0.6) is 5.75 Å². The fraction of sp³-hybridized carbons (Fsp3) is 0.600. The maximum Gasteiger partial charge on any atom is 0.410 e. The molecule has 0 aromatic heterocycles. The fourth-order valence-corrected chi connectivity index (χ4v) is 3.34. The van der Waals surface area contributed by atoms with Crippen molar-refractivity contribution in [3.05, 3.63) is 29.3 Å². The Morgan fingerprint density at radius 2 is 2.08 bits per heavy atom. The van der Waals surface area contributed by atoms with Crippen LogP contribution in [0.25, 0.3) is 0 Å². The number of ether oxygens (including phenoxy) is 2. The third kappa shape index (κ3) is 4.68. The molecule has 1 fully saturated rings. The maximum absolute atomic E-state index is 12.2. The predicted octanol–water partition coefficient (Wildman–Crippen LogP) is 3.35. The Morgan fingerprint density at radius 1 is 1.27 bits per heavy atom. The van der Waals surface area contributed by atoms with Crippen LogP contribution in [0.3, 0.4) is 0 Å². The summed E-state index contributed by atoms with van der Waals surface area (Å²) in [5, 5.41) is 2.81. The van der Waals surface area contributed by atoms with E-state index < -0.39 is 5.60 Å². The summed E-state index contributed by atoms with van der Waals surface area (Å²) < 4.78 is 11.4. The lowest BCUT2D eigenvalue weighted by Crippen LogP contribution is -2.37. The Labute approximate surface area is 154 Å². The smallest absolute Gasteiger partial charge is 0.410 e. The molecule has 6 heteroatoms. The van der Waals surface area contributed by atoms with Crippen LogP contribution < -0.4 is 10.1 Å². The fourth-order valence-electron chi connectivity index (χ4n) is 3.34. The predicted molar refractivity (Wildman–Crippen MR) is 98.3 cm³/mol. The monoisotopic (exact) mass is 360 g/mol. The van der Waals surface area contributed by atoms with Crippen LogP contribution in [-0.4, -0.2) is 42.2 Å². The van der Waals surface area contributed by atoms with Gasteiger partial charge in [0.05, 0.1) is 6.61 Å². The number of carbonyl (C=O) groups is 2. The molecular weight excluding hydrogens is 332 g/mol. The molecule has 0 saturated carbocycles. The quantitative estimate of drug-likeness (QED) is 0.898. The number of fused-ring (bicyclic) bond motifs is 1. The highest BCUT2D eigenvalue weighted by atomic mass is 16.6. The van der Waals surface area contributed by atoms with E-state index in [4.69, 9.17) is 9.47 Å². The van der Waals surface area contributed by atoms with E-state index in [0.29, 0.717) is 31.2 Å². The highest BCUT2D eigenvalue weighted by Crippen LogP contribution is 2.24. The SMILES string of the molecule is CC(C)(C)OC(=O)N1CCCC(COc2ccc3c(c2)C(=O)NC3)CC1. The molecule has 1 saturated heterocycles. The van der Waals surface area contributed by atoms with Crippen molar-refractivity contribution in [2.45, 2.75) is 52.2 Å². The van der Waals surface area contributed by atoms with Gasteiger partial charge in [0.15, 0.2) is 0 Å². The van der Waals surface area contributed by atoms with Gasteiger partial charge in [-0.3, -0.25) is 4.79 Å². The van der Waals surface area contributed by atoms with E-state index in [1.54, 1.807) is 4.90 Å². The van der Waals surface area contributed by atoms with E-state index >= 15 is 0 Å². The average molecular weight is 360 g/mol. The molecular formula is C20H28N2O4. The van der Waals surface area contributed by atoms with Crippen molar-refractivity contribution < 1.29 is 19.1 Å². The van der Waals surface area contributed by atoms with E-state index in [9.17, 15) is 9.59 Å². The van der Waals surface area contributed by atoms with E-state index in [1.165, 1.54) is 0 Å². The normalized spacial score (nSPS) is 20.2. The standard InChI is InChI=1S/C20H28N2O4/c1-20(2,3)26-19(24)22-9-4-5-14(8-10-22)13-25-16-7-6-15-12-21-18(23)17(15)11-16/h6-7,11,14H,4-5,8-10,12-13H2,1-3H3,(H,21,23). The number of rotatable bonds is 3. The van der Waals surface area contributed by atoms with Crippen molar-refractivity contribution in [3.63, 3.8) is 0 Å². The first-order chi connectivity index (χ1) is 12.3. The number of nitrogens with one attached hydrogen (secondary N) is 1. The first-order valence-corrected chi connectivity index (χ1v) is 9.34. The van der Waals surface area contributed by atoms with Crippen molar-refractivity contribution in [2.24, 2.45) is 5.92 Å². The van der Waals surface area contributed by atoms with Gasteiger partial charge in [0.25, 0.3) is 5.91 Å². The van der Waals surface area contributed by atoms with Crippen molar-refractivity contribution in [1.82, 2.24) is 10.2 Å². The summed E-state index contributed by atoms with van der Waals surface area (Å²) in [6.45, 7) is 8.27. The topological polar surface area (TPSA) is 67.9 Å². The number of hydrogen-bond acceptors (Lipinski definition) is 4. The van der Waals surface area contributed by atoms with Crippen molar-refractivity contribution >= 4 is 12.0 Å². The molecule has 0 radical (unpaired) electrons. The van der Waals surface area contributed by atoms with Gasteiger partial charge in [-0.1, -0.05) is 6.07 Å². The molecule has 2 amide bonds. The summed E-state index contributed by atoms with van der Waals surface area (Å²) in [5.41, 5.74) is 1.26. The summed E-state index contributed by atoms with van der Waals surface area (Å²) in [4.78, 5) is 25.8. The molecule has 1 aromatic rings. The lowest BCUT2D eigenvalue weighted by atomic mass is 10.0. The van der Waals surface area contributed by atoms with Crippen LogP contribution in [0.4, 0.5) is 4.79 Å². The zero-order valence-electron chi connectivity index (χ0n) is 15.8. The number of amides is 2. The molecule has 142 valence electrons. The third-order valence-electron chi connectivity index (χ3n) is 4.75. The van der Waals surface area contributed by atoms with Crippen LogP contribution in [0.15, 0.2) is 18.2 Å². The molecule has 2 aliphatic heterocycles. The molecule has 1 atom stereocenters. The number of nitrogens with zero attached hydrogens (tertiary/aromatic N) is 1. The van der Waals surface area contributed by atoms with Crippen LogP contribution in [0, 0.1) is 5.92 Å². The van der Waals surface area contributed by atoms with Crippen LogP contribution in [-0.2, 0) is 11.3 Å². The summed E-state index contributed by atoms with van der Waals surface area (Å²) in [6.07, 6.45) is 2.62. The summed E-state index contributed by atoms with van der Waals surface area (Å²) in [7, 11) is 0. The Morgan fingerprint density at radius 3 is 2.85 bits per heavy atom. The van der Waals surface area contributed by atoms with E-state index in [-0.39, 0.29) is 12.0 Å². The number of likely N-dealkylation sites (tertiary alicyclic amines) is 1. The summed E-state index contributed by atoms with van der Waals surface area (Å²) in [6, 6.07) is 5.68. The molecule has 0 spiro atoms. The second kappa shape index (κ2) is 7.56. The Balaban J connectivity index is 1.50. The maximum atomic E-state index is 12.2. The first kappa shape index (κ1) is 18.5. The number of benzene rings is 1. The summed E-state index contributed by atoms with van der Waals surface area (Å²) >= 11 is 0. The molecule has 1 N–H and O–H groups in total. The van der Waals surface area contributed by atoms with Crippen LogP contribution in [0.1, 0.15) is 56.0 Å². The van der Waals surface area contributed by atoms with Gasteiger partial charge >= 0.3 is 6.09 Å². The van der Waals surface area contributed by atoms with Crippen LogP contribution >= 0.6 is 0 Å². The molecule has 2 heterocycles.